The van der Waals surface area contributed by atoms with Crippen LogP contribution in [0.25, 0.3) is 6.08 Å². The maximum atomic E-state index is 14.8. The summed E-state index contributed by atoms with van der Waals surface area (Å²) in [4.78, 5) is 47.5. The summed E-state index contributed by atoms with van der Waals surface area (Å²) < 4.78 is 0. The van der Waals surface area contributed by atoms with E-state index in [1.807, 2.05) is 85.7 Å². The van der Waals surface area contributed by atoms with Gasteiger partial charge in [0.15, 0.2) is 22.9 Å². The van der Waals surface area contributed by atoms with Gasteiger partial charge in [-0.25, -0.2) is 0 Å². The highest BCUT2D eigenvalue weighted by Crippen LogP contribution is 2.60. The van der Waals surface area contributed by atoms with E-state index in [0.29, 0.717) is 36.3 Å². The number of nitrogens with zero attached hydrogens (tertiary/aromatic N) is 2. The van der Waals surface area contributed by atoms with E-state index in [0.717, 1.165) is 11.1 Å². The van der Waals surface area contributed by atoms with Crippen LogP contribution in [0.5, 0.6) is 0 Å². The van der Waals surface area contributed by atoms with E-state index >= 15 is 0 Å². The normalized spacial score (nSPS) is 26.9. The number of fused-ring (bicyclic) bond motifs is 2. The monoisotopic (exact) mass is 476 g/mol. The van der Waals surface area contributed by atoms with E-state index in [4.69, 9.17) is 0 Å². The van der Waals surface area contributed by atoms with Gasteiger partial charge in [0.2, 0.25) is 0 Å². The lowest BCUT2D eigenvalue weighted by atomic mass is 9.56. The van der Waals surface area contributed by atoms with Crippen LogP contribution in [0.4, 0.5) is 0 Å². The molecule has 180 valence electrons. The molecule has 3 aromatic rings. The van der Waals surface area contributed by atoms with Crippen molar-refractivity contribution in [3.8, 4) is 0 Å². The molecule has 0 bridgehead atoms. The van der Waals surface area contributed by atoms with Gasteiger partial charge in [-0.3, -0.25) is 19.3 Å². The summed E-state index contributed by atoms with van der Waals surface area (Å²) in [6, 6.07) is 26.7. The maximum absolute atomic E-state index is 14.8. The van der Waals surface area contributed by atoms with Crippen molar-refractivity contribution in [2.45, 2.75) is 11.5 Å². The van der Waals surface area contributed by atoms with Crippen LogP contribution in [0.15, 0.2) is 90.5 Å². The van der Waals surface area contributed by atoms with Crippen LogP contribution in [0.2, 0.25) is 0 Å². The average Bonchev–Trinajstić information content (AvgIpc) is 3.29. The third kappa shape index (κ3) is 2.87. The van der Waals surface area contributed by atoms with Gasteiger partial charge in [-0.05, 0) is 31.3 Å². The van der Waals surface area contributed by atoms with E-state index in [1.54, 1.807) is 24.3 Å². The molecule has 2 aliphatic heterocycles. The number of carbonyl (C=O) groups excluding carboxylic acids is 3. The molecule has 2 fully saturated rings. The molecule has 2 spiro atoms. The first kappa shape index (κ1) is 22.8. The molecule has 1 aliphatic carbocycles. The highest BCUT2D eigenvalue weighted by Gasteiger charge is 2.77. The molecule has 36 heavy (non-hydrogen) atoms. The van der Waals surface area contributed by atoms with Crippen LogP contribution >= 0.6 is 0 Å². The number of piperidine rings is 1. The molecule has 2 heterocycles. The minimum atomic E-state index is -1.58. The predicted octanol–water partition coefficient (Wildman–Crippen LogP) is 4.12. The fourth-order valence-corrected chi connectivity index (χ4v) is 6.97. The van der Waals surface area contributed by atoms with Gasteiger partial charge in [-0.15, -0.1) is 0 Å². The zero-order valence-corrected chi connectivity index (χ0v) is 20.5. The highest BCUT2D eigenvalue weighted by atomic mass is 16.2. The molecular formula is C31H28N2O3. The molecule has 0 radical (unpaired) electrons. The third-order valence-electron chi connectivity index (χ3n) is 8.34. The Morgan fingerprint density at radius 2 is 1.31 bits per heavy atom. The largest absolute Gasteiger partial charge is 0.301 e. The first-order chi connectivity index (χ1) is 17.4. The molecule has 3 aromatic carbocycles. The first-order valence-electron chi connectivity index (χ1n) is 12.3. The Kier molecular flexibility index (Phi) is 5.18. The number of likely N-dealkylation sites (tertiary alicyclic amines) is 2. The molecule has 5 nitrogen and oxygen atoms in total. The predicted molar refractivity (Wildman–Crippen MR) is 139 cm³/mol. The van der Waals surface area contributed by atoms with Crippen molar-refractivity contribution in [2.75, 3.05) is 33.7 Å². The van der Waals surface area contributed by atoms with E-state index < -0.39 is 11.0 Å². The molecule has 3 aliphatic rings. The fraction of sp³-hybridized carbons (Fsp3) is 0.258. The molecule has 0 saturated carbocycles. The summed E-state index contributed by atoms with van der Waals surface area (Å²) in [5, 5.41) is 0. The minimum Gasteiger partial charge on any atom is -0.301 e. The lowest BCUT2D eigenvalue weighted by molar-refractivity contribution is -0.132. The Morgan fingerprint density at radius 3 is 1.92 bits per heavy atom. The van der Waals surface area contributed by atoms with Crippen LogP contribution in [0.3, 0.4) is 0 Å². The molecule has 0 aromatic heterocycles. The maximum Gasteiger partial charge on any atom is 0.192 e. The second-order valence-corrected chi connectivity index (χ2v) is 10.3. The molecule has 0 amide bonds. The SMILES string of the molecule is CN1C/C(=C\c2ccccc2)C(=O)[C@]2(C1)[C@@H](c1ccccc1)CN(C)C21C(=O)c2ccccc2C1=O. The number of hydrogen-bond acceptors (Lipinski definition) is 5. The lowest BCUT2D eigenvalue weighted by Gasteiger charge is -2.50. The van der Waals surface area contributed by atoms with Gasteiger partial charge in [-0.1, -0.05) is 84.9 Å². The number of benzene rings is 3. The van der Waals surface area contributed by atoms with Gasteiger partial charge in [-0.2, -0.15) is 0 Å². The van der Waals surface area contributed by atoms with Gasteiger partial charge >= 0.3 is 0 Å². The van der Waals surface area contributed by atoms with Gasteiger partial charge in [0.1, 0.15) is 0 Å². The smallest absolute Gasteiger partial charge is 0.192 e. The van der Waals surface area contributed by atoms with Gasteiger partial charge in [0.25, 0.3) is 0 Å². The first-order valence-corrected chi connectivity index (χ1v) is 12.3. The van der Waals surface area contributed by atoms with Crippen molar-refractivity contribution in [3.05, 3.63) is 113 Å². The highest BCUT2D eigenvalue weighted by molar-refractivity contribution is 6.36. The third-order valence-corrected chi connectivity index (χ3v) is 8.34. The lowest BCUT2D eigenvalue weighted by Crippen LogP contribution is -2.69. The number of ketones is 3. The quantitative estimate of drug-likeness (QED) is 0.412. The van der Waals surface area contributed by atoms with Crippen molar-refractivity contribution in [1.29, 1.82) is 0 Å². The Morgan fingerprint density at radius 1 is 0.750 bits per heavy atom. The summed E-state index contributed by atoms with van der Waals surface area (Å²) in [5.74, 6) is -0.934. The van der Waals surface area contributed by atoms with Crippen molar-refractivity contribution >= 4 is 23.4 Å². The van der Waals surface area contributed by atoms with E-state index in [-0.39, 0.29) is 23.3 Å². The van der Waals surface area contributed by atoms with Crippen molar-refractivity contribution in [3.63, 3.8) is 0 Å². The number of Topliss-reactive ketones (excluding diaryl/α,β-unsaturated/α-hetero) is 3. The Hall–Kier alpha value is -3.67. The van der Waals surface area contributed by atoms with Crippen molar-refractivity contribution < 1.29 is 14.4 Å². The van der Waals surface area contributed by atoms with Crippen molar-refractivity contribution in [1.82, 2.24) is 9.80 Å². The second-order valence-electron chi connectivity index (χ2n) is 10.3. The number of hydrogen-bond donors (Lipinski definition) is 0. The Labute approximate surface area is 211 Å². The summed E-state index contributed by atoms with van der Waals surface area (Å²) in [7, 11) is 3.80. The van der Waals surface area contributed by atoms with Gasteiger partial charge < -0.3 is 4.90 Å². The molecule has 2 atom stereocenters. The second kappa shape index (κ2) is 8.19. The Balaban J connectivity index is 1.63. The van der Waals surface area contributed by atoms with Crippen LogP contribution in [-0.4, -0.2) is 66.4 Å². The number of rotatable bonds is 2. The standard InChI is InChI=1S/C31H28N2O3/c1-32-18-23(17-21-11-5-3-6-12-21)27(34)30(20-32)26(22-13-7-4-8-14-22)19-33(2)31(30)28(35)24-15-9-10-16-25(24)29(31)36/h3-17,26H,18-20H2,1-2H3/b23-17+/t26-,30+/m1/s1. The fourth-order valence-electron chi connectivity index (χ4n) is 6.97. The van der Waals surface area contributed by atoms with Crippen LogP contribution in [-0.2, 0) is 4.79 Å². The van der Waals surface area contributed by atoms with Crippen LogP contribution < -0.4 is 0 Å². The van der Waals surface area contributed by atoms with Gasteiger partial charge in [0.05, 0.1) is 5.41 Å². The van der Waals surface area contributed by atoms with Crippen molar-refractivity contribution in [2.24, 2.45) is 5.41 Å². The minimum absolute atomic E-state index is 0.0998. The summed E-state index contributed by atoms with van der Waals surface area (Å²) in [6.07, 6.45) is 1.92. The topological polar surface area (TPSA) is 57.7 Å². The summed E-state index contributed by atoms with van der Waals surface area (Å²) in [5.41, 5.74) is 0.509. The molecule has 2 saturated heterocycles. The van der Waals surface area contributed by atoms with Gasteiger partial charge in [0, 0.05) is 42.3 Å². The summed E-state index contributed by atoms with van der Waals surface area (Å²) in [6.45, 7) is 1.23. The number of carbonyl (C=O) groups is 3. The summed E-state index contributed by atoms with van der Waals surface area (Å²) >= 11 is 0. The molecule has 5 heteroatoms. The zero-order valence-electron chi connectivity index (χ0n) is 20.5. The van der Waals surface area contributed by atoms with E-state index in [2.05, 4.69) is 4.90 Å². The van der Waals surface area contributed by atoms with Crippen LogP contribution in [0, 0.1) is 5.41 Å². The average molecular weight is 477 g/mol. The zero-order chi connectivity index (χ0) is 25.1. The number of likely N-dealkylation sites (N-methyl/N-ethyl adjacent to an activating group) is 2. The van der Waals surface area contributed by atoms with E-state index in [1.165, 1.54) is 0 Å². The molecule has 6 rings (SSSR count). The molecular weight excluding hydrogens is 448 g/mol. The Bertz CT molecular complexity index is 1380. The molecule has 0 N–H and O–H groups in total. The van der Waals surface area contributed by atoms with E-state index in [9.17, 15) is 14.4 Å². The van der Waals surface area contributed by atoms with Crippen LogP contribution in [0.1, 0.15) is 37.8 Å². The molecule has 0 unspecified atom stereocenters.